The maximum Gasteiger partial charge on any atom is 0.141 e. The molecule has 0 amide bonds. The zero-order valence-corrected chi connectivity index (χ0v) is 9.90. The Morgan fingerprint density at radius 3 is 2.53 bits per heavy atom. The van der Waals surface area contributed by atoms with Gasteiger partial charge < -0.3 is 9.67 Å². The Morgan fingerprint density at radius 1 is 1.33 bits per heavy atom. The molecule has 0 unspecified atom stereocenters. The van der Waals surface area contributed by atoms with Crippen molar-refractivity contribution in [3.05, 3.63) is 40.6 Å². The smallest absolute Gasteiger partial charge is 0.141 e. The van der Waals surface area contributed by atoms with Crippen LogP contribution in [0.3, 0.4) is 0 Å². The Balaban J connectivity index is 2.55. The molecule has 0 aliphatic heterocycles. The van der Waals surface area contributed by atoms with Crippen LogP contribution in [-0.2, 0) is 13.7 Å². The lowest BCUT2D eigenvalue weighted by atomic mass is 10.2. The van der Waals surface area contributed by atoms with Crippen molar-refractivity contribution in [3.8, 4) is 11.4 Å². The quantitative estimate of drug-likeness (QED) is 0.906. The van der Waals surface area contributed by atoms with Crippen molar-refractivity contribution in [3.63, 3.8) is 0 Å². The van der Waals surface area contributed by atoms with E-state index in [2.05, 4.69) is 20.9 Å². The second-order valence-corrected chi connectivity index (χ2v) is 4.01. The largest absolute Gasteiger partial charge is 0.390 e. The number of aliphatic hydroxyl groups excluding tert-OH is 1. The number of nitrogens with zero attached hydrogens (tertiary/aromatic N) is 2. The number of benzene rings is 1. The molecular formula is C11H11BrN2O. The zero-order valence-electron chi connectivity index (χ0n) is 8.31. The molecule has 0 saturated carbocycles. The molecule has 0 fully saturated rings. The standard InChI is InChI=1S/C11H11BrN2O/c1-14-9(7-15)10(12)13-11(14)8-5-3-2-4-6-8/h2-6,15H,7H2,1H3. The van der Waals surface area contributed by atoms with Gasteiger partial charge in [0.05, 0.1) is 12.3 Å². The minimum Gasteiger partial charge on any atom is -0.390 e. The van der Waals surface area contributed by atoms with E-state index in [1.54, 1.807) is 0 Å². The van der Waals surface area contributed by atoms with Gasteiger partial charge in [-0.25, -0.2) is 4.98 Å². The van der Waals surface area contributed by atoms with Gasteiger partial charge in [0, 0.05) is 12.6 Å². The normalized spacial score (nSPS) is 10.6. The summed E-state index contributed by atoms with van der Waals surface area (Å²) in [5.41, 5.74) is 1.83. The van der Waals surface area contributed by atoms with E-state index in [1.165, 1.54) is 0 Å². The zero-order chi connectivity index (χ0) is 10.8. The fraction of sp³-hybridized carbons (Fsp3) is 0.182. The van der Waals surface area contributed by atoms with E-state index in [9.17, 15) is 0 Å². The number of aliphatic hydroxyl groups is 1. The van der Waals surface area contributed by atoms with Gasteiger partial charge in [0.25, 0.3) is 0 Å². The Bertz CT molecular complexity index is 465. The van der Waals surface area contributed by atoms with Crippen LogP contribution in [0.5, 0.6) is 0 Å². The molecule has 0 saturated heterocycles. The number of aromatic nitrogens is 2. The lowest BCUT2D eigenvalue weighted by Crippen LogP contribution is -1.98. The lowest BCUT2D eigenvalue weighted by Gasteiger charge is -2.03. The molecule has 0 atom stereocenters. The highest BCUT2D eigenvalue weighted by Gasteiger charge is 2.12. The van der Waals surface area contributed by atoms with E-state index >= 15 is 0 Å². The van der Waals surface area contributed by atoms with Crippen LogP contribution < -0.4 is 0 Å². The van der Waals surface area contributed by atoms with Crippen molar-refractivity contribution in [1.29, 1.82) is 0 Å². The van der Waals surface area contributed by atoms with E-state index in [4.69, 9.17) is 5.11 Å². The summed E-state index contributed by atoms with van der Waals surface area (Å²) in [5.74, 6) is 0.853. The molecule has 1 aromatic carbocycles. The van der Waals surface area contributed by atoms with Crippen LogP contribution in [0, 0.1) is 0 Å². The van der Waals surface area contributed by atoms with E-state index in [0.717, 1.165) is 17.1 Å². The van der Waals surface area contributed by atoms with Crippen molar-refractivity contribution in [2.24, 2.45) is 7.05 Å². The summed E-state index contributed by atoms with van der Waals surface area (Å²) in [6, 6.07) is 9.90. The summed E-state index contributed by atoms with van der Waals surface area (Å²) in [6.45, 7) is -0.0169. The van der Waals surface area contributed by atoms with Crippen LogP contribution >= 0.6 is 15.9 Å². The number of hydrogen-bond donors (Lipinski definition) is 1. The second-order valence-electron chi connectivity index (χ2n) is 3.26. The topological polar surface area (TPSA) is 38.0 Å². The fourth-order valence-corrected chi connectivity index (χ4v) is 2.07. The molecule has 0 bridgehead atoms. The average molecular weight is 267 g/mol. The molecule has 1 aromatic heterocycles. The van der Waals surface area contributed by atoms with Crippen LogP contribution in [0.25, 0.3) is 11.4 Å². The molecule has 1 N–H and O–H groups in total. The molecule has 2 rings (SSSR count). The minimum atomic E-state index is -0.0169. The maximum atomic E-state index is 9.17. The number of imidazole rings is 1. The third-order valence-electron chi connectivity index (χ3n) is 2.35. The maximum absolute atomic E-state index is 9.17. The SMILES string of the molecule is Cn1c(-c2ccccc2)nc(Br)c1CO. The Morgan fingerprint density at radius 2 is 2.00 bits per heavy atom. The van der Waals surface area contributed by atoms with E-state index < -0.39 is 0 Å². The van der Waals surface area contributed by atoms with Crippen molar-refractivity contribution in [1.82, 2.24) is 9.55 Å². The summed E-state index contributed by atoms with van der Waals surface area (Å²) in [7, 11) is 1.89. The van der Waals surface area contributed by atoms with Gasteiger partial charge in [0.1, 0.15) is 10.4 Å². The van der Waals surface area contributed by atoms with Crippen molar-refractivity contribution < 1.29 is 5.11 Å². The monoisotopic (exact) mass is 266 g/mol. The molecule has 78 valence electrons. The lowest BCUT2D eigenvalue weighted by molar-refractivity contribution is 0.272. The van der Waals surface area contributed by atoms with E-state index in [-0.39, 0.29) is 6.61 Å². The van der Waals surface area contributed by atoms with E-state index in [1.807, 2.05) is 41.9 Å². The van der Waals surface area contributed by atoms with Gasteiger partial charge >= 0.3 is 0 Å². The Hall–Kier alpha value is -1.13. The van der Waals surface area contributed by atoms with Gasteiger partial charge in [0.15, 0.2) is 0 Å². The van der Waals surface area contributed by atoms with Crippen molar-refractivity contribution in [2.75, 3.05) is 0 Å². The third kappa shape index (κ3) is 1.82. The molecular weight excluding hydrogens is 256 g/mol. The summed E-state index contributed by atoms with van der Waals surface area (Å²) < 4.78 is 2.59. The number of rotatable bonds is 2. The number of hydrogen-bond acceptors (Lipinski definition) is 2. The average Bonchev–Trinajstić information content (AvgIpc) is 2.55. The first kappa shape index (κ1) is 10.4. The molecule has 0 radical (unpaired) electrons. The van der Waals surface area contributed by atoms with Gasteiger partial charge in [-0.15, -0.1) is 0 Å². The predicted octanol–water partition coefficient (Wildman–Crippen LogP) is 2.34. The first-order valence-electron chi connectivity index (χ1n) is 4.61. The number of halogens is 1. The molecule has 0 aliphatic rings. The van der Waals surface area contributed by atoms with Crippen LogP contribution in [0.1, 0.15) is 5.69 Å². The molecule has 0 spiro atoms. The van der Waals surface area contributed by atoms with E-state index in [0.29, 0.717) is 4.60 Å². The molecule has 15 heavy (non-hydrogen) atoms. The van der Waals surface area contributed by atoms with Gasteiger partial charge in [0.2, 0.25) is 0 Å². The molecule has 1 heterocycles. The minimum absolute atomic E-state index is 0.0169. The van der Waals surface area contributed by atoms with Gasteiger partial charge in [-0.1, -0.05) is 30.3 Å². The summed E-state index contributed by atoms with van der Waals surface area (Å²) >= 11 is 3.33. The first-order chi connectivity index (χ1) is 7.24. The van der Waals surface area contributed by atoms with Crippen LogP contribution in [0.15, 0.2) is 34.9 Å². The van der Waals surface area contributed by atoms with Crippen molar-refractivity contribution >= 4 is 15.9 Å². The summed E-state index contributed by atoms with van der Waals surface area (Å²) in [5, 5.41) is 9.17. The predicted molar refractivity (Wildman–Crippen MR) is 62.3 cm³/mol. The molecule has 4 heteroatoms. The first-order valence-corrected chi connectivity index (χ1v) is 5.40. The third-order valence-corrected chi connectivity index (χ3v) is 2.98. The van der Waals surface area contributed by atoms with Gasteiger partial charge in [-0.3, -0.25) is 0 Å². The van der Waals surface area contributed by atoms with Gasteiger partial charge in [-0.2, -0.15) is 0 Å². The van der Waals surface area contributed by atoms with Crippen molar-refractivity contribution in [2.45, 2.75) is 6.61 Å². The molecule has 3 nitrogen and oxygen atoms in total. The van der Waals surface area contributed by atoms with Crippen LogP contribution in [0.4, 0.5) is 0 Å². The van der Waals surface area contributed by atoms with Crippen LogP contribution in [-0.4, -0.2) is 14.7 Å². The summed E-state index contributed by atoms with van der Waals surface area (Å²) in [4.78, 5) is 4.37. The molecule has 2 aromatic rings. The highest BCUT2D eigenvalue weighted by atomic mass is 79.9. The highest BCUT2D eigenvalue weighted by molar-refractivity contribution is 9.10. The highest BCUT2D eigenvalue weighted by Crippen LogP contribution is 2.24. The Labute approximate surface area is 96.5 Å². The Kier molecular flexibility index (Phi) is 2.88. The van der Waals surface area contributed by atoms with Crippen LogP contribution in [0.2, 0.25) is 0 Å². The second kappa shape index (κ2) is 4.16. The van der Waals surface area contributed by atoms with Gasteiger partial charge in [-0.05, 0) is 15.9 Å². The molecule has 0 aliphatic carbocycles. The fourth-order valence-electron chi connectivity index (χ4n) is 1.52. The summed E-state index contributed by atoms with van der Waals surface area (Å²) in [6.07, 6.45) is 0.